The third-order valence-corrected chi connectivity index (χ3v) is 24.5. The highest BCUT2D eigenvalue weighted by Crippen LogP contribution is 2.29. The van der Waals surface area contributed by atoms with E-state index in [1.165, 1.54) is 56.4 Å². The van der Waals surface area contributed by atoms with Crippen LogP contribution >= 0.6 is 0 Å². The number of aliphatic hydroxyl groups is 1. The summed E-state index contributed by atoms with van der Waals surface area (Å²) in [5.74, 6) is -21.7. The van der Waals surface area contributed by atoms with Gasteiger partial charge in [-0.25, -0.2) is 9.37 Å². The third-order valence-electron chi connectivity index (χ3n) is 24.5. The highest BCUT2D eigenvalue weighted by atomic mass is 19.1. The average Bonchev–Trinajstić information content (AvgIpc) is 1.64. The maximum absolute atomic E-state index is 15.8. The molecule has 10 rings (SSSR count). The summed E-state index contributed by atoms with van der Waals surface area (Å²) in [6.45, 7) is 1.95. The lowest BCUT2D eigenvalue weighted by atomic mass is 9.97. The maximum Gasteiger partial charge on any atom is 0.323 e. The Morgan fingerprint density at radius 1 is 0.511 bits per heavy atom. The number of benzene rings is 3. The molecule has 7 heterocycles. The summed E-state index contributed by atoms with van der Waals surface area (Å²) < 4.78 is 15.8. The molecule has 4 fully saturated rings. The molecule has 4 saturated heterocycles. The van der Waals surface area contributed by atoms with Crippen molar-refractivity contribution in [2.45, 2.75) is 246 Å². The van der Waals surface area contributed by atoms with Gasteiger partial charge in [0.05, 0.1) is 37.5 Å². The number of unbranched alkanes of at least 4 members (excludes halogenated alkanes) is 2. The summed E-state index contributed by atoms with van der Waals surface area (Å²) >= 11 is 0. The van der Waals surface area contributed by atoms with Crippen LogP contribution in [0.4, 0.5) is 4.39 Å². The van der Waals surface area contributed by atoms with Gasteiger partial charge in [-0.05, 0) is 99.2 Å². The van der Waals surface area contributed by atoms with Crippen LogP contribution in [0.2, 0.25) is 0 Å². The molecule has 0 radical (unpaired) electrons. The number of aromatic amines is 2. The standard InChI is InChI=1S/C90H118FN21O23/c1-6-8-20-67-82(127)100-58(29-30-74(116)117)79(124)106-65(77(93)122)42-94-43-73(115)99-61(33-49-25-27-52(91)28-26-49)87(132)110-31-15-14-23-68(110)84(129)105-63(38-72(92)114)88(133)111-32-16-24-69(111)83(128)102-60(36-53-41-95-47-97-53)81(126)104-64(39-75(118)119)89(134)112-45-54(113)37-71(112)85(130)101-59(34-50-40-96-57-19-12-10-17-55(50)57)80(125)98-48(3)78(123)103-62(86(131)108(5)70(21-9-7-2)90(135)107(67)4)35-51-44-109(46-76(120)121)66-22-13-11-18-56(51)66/h10-13,17-19,22,25-28,40-41,44,47-48,54,58-65,67-71,94,96,113H,6-9,14-16,20-21,23-24,29-39,42-43,45-46H2,1-5H3,(H2,92,114)(H2,93,122)(H,95,97)(H,98,125)(H,99,115)(H,100,127)(H,101,130)(H,102,128)(H,103,123)(H,104,126)(H,105,129)(H,106,124)(H,116,117)(H,118,119)(H,120,121)/t48-,54+,58-,59-,60-,61-,62-,63-,64-,65-,67-,68-,69-,70-,71-/m0/s1. The maximum atomic E-state index is 15.8. The summed E-state index contributed by atoms with van der Waals surface area (Å²) in [6.07, 6.45) is 0.436. The zero-order valence-corrected chi connectivity index (χ0v) is 75.5. The lowest BCUT2D eigenvalue weighted by molar-refractivity contribution is -0.149. The van der Waals surface area contributed by atoms with Gasteiger partial charge in [0.25, 0.3) is 0 Å². The van der Waals surface area contributed by atoms with E-state index >= 15 is 38.4 Å². The number of aliphatic carboxylic acids is 3. The smallest absolute Gasteiger partial charge is 0.323 e. The molecule has 16 amide bonds. The molecule has 45 heteroatoms. The van der Waals surface area contributed by atoms with E-state index in [0.29, 0.717) is 64.2 Å². The predicted molar refractivity (Wildman–Crippen MR) is 478 cm³/mol. The minimum absolute atomic E-state index is 0.0527. The van der Waals surface area contributed by atoms with Crippen LogP contribution < -0.4 is 64.6 Å². The number of rotatable bonds is 24. The van der Waals surface area contributed by atoms with Crippen molar-refractivity contribution < 1.29 is 116 Å². The van der Waals surface area contributed by atoms with Crippen molar-refractivity contribution in [2.75, 3.05) is 46.8 Å². The van der Waals surface area contributed by atoms with Gasteiger partial charge in [0.2, 0.25) is 94.5 Å². The fourth-order valence-corrected chi connectivity index (χ4v) is 17.4. The van der Waals surface area contributed by atoms with Crippen molar-refractivity contribution in [3.8, 4) is 0 Å². The molecule has 728 valence electrons. The molecular formula is C90H118FN21O23. The zero-order valence-electron chi connectivity index (χ0n) is 75.5. The molecule has 0 aliphatic carbocycles. The van der Waals surface area contributed by atoms with E-state index in [0.717, 1.165) is 36.6 Å². The molecule has 135 heavy (non-hydrogen) atoms. The predicted octanol–water partition coefficient (Wildman–Crippen LogP) is -2.61. The van der Waals surface area contributed by atoms with E-state index < -0.39 is 280 Å². The van der Waals surface area contributed by atoms with Crippen molar-refractivity contribution in [3.05, 3.63) is 126 Å². The third kappa shape index (κ3) is 27.5. The minimum atomic E-state index is -2.09. The normalized spacial score (nSPS) is 25.2. The van der Waals surface area contributed by atoms with Crippen LogP contribution in [-0.2, 0) is 123 Å². The number of H-pyrrole nitrogens is 2. The molecule has 6 aromatic rings. The van der Waals surface area contributed by atoms with Crippen LogP contribution in [0.5, 0.6) is 0 Å². The molecule has 0 saturated carbocycles. The number of fused-ring (bicyclic) bond motifs is 5. The zero-order chi connectivity index (χ0) is 98.2. The number of aliphatic hydroxyl groups excluding tert-OH is 1. The molecule has 20 N–H and O–H groups in total. The summed E-state index contributed by atoms with van der Waals surface area (Å²) in [4.78, 5) is 289. The van der Waals surface area contributed by atoms with Gasteiger partial charge in [0.1, 0.15) is 96.9 Å². The number of halogens is 1. The van der Waals surface area contributed by atoms with Crippen LogP contribution in [0.3, 0.4) is 0 Å². The van der Waals surface area contributed by atoms with Crippen molar-refractivity contribution in [1.29, 1.82) is 0 Å². The Balaban J connectivity index is 1.02. The van der Waals surface area contributed by atoms with Gasteiger partial charge in [-0.15, -0.1) is 0 Å². The molecule has 0 unspecified atom stereocenters. The molecule has 3 aromatic carbocycles. The number of primary amides is 2. The highest BCUT2D eigenvalue weighted by molar-refractivity contribution is 6.03. The fourth-order valence-electron chi connectivity index (χ4n) is 17.4. The van der Waals surface area contributed by atoms with E-state index in [2.05, 4.69) is 68.1 Å². The van der Waals surface area contributed by atoms with E-state index in [4.69, 9.17) is 11.5 Å². The number of aromatic nitrogens is 4. The molecule has 4 aliphatic rings. The number of hydrogen-bond acceptors (Lipinski definition) is 22. The van der Waals surface area contributed by atoms with Gasteiger partial charge in [0, 0.05) is 119 Å². The number of imidazole rings is 1. The van der Waals surface area contributed by atoms with Crippen molar-refractivity contribution >= 4 is 134 Å². The van der Waals surface area contributed by atoms with Crippen LogP contribution in [0.25, 0.3) is 21.8 Å². The number of likely N-dealkylation sites (N-methyl/N-ethyl adjacent to an activating group) is 2. The van der Waals surface area contributed by atoms with Gasteiger partial charge in [-0.2, -0.15) is 0 Å². The first-order valence-corrected chi connectivity index (χ1v) is 45.0. The number of para-hydroxylation sites is 2. The first-order valence-electron chi connectivity index (χ1n) is 45.0. The Morgan fingerprint density at radius 2 is 1.07 bits per heavy atom. The van der Waals surface area contributed by atoms with E-state index in [1.54, 1.807) is 68.6 Å². The lowest BCUT2D eigenvalue weighted by Crippen LogP contribution is -2.62. The second kappa shape index (κ2) is 47.9. The molecule has 0 spiro atoms. The van der Waals surface area contributed by atoms with Crippen LogP contribution in [0.1, 0.15) is 146 Å². The number of carboxylic acid groups (broad SMARTS) is 3. The topological polar surface area (TPSA) is 643 Å². The Kier molecular flexibility index (Phi) is 36.5. The Hall–Kier alpha value is -14.3. The summed E-state index contributed by atoms with van der Waals surface area (Å²) in [7, 11) is 2.55. The second-order valence-corrected chi connectivity index (χ2v) is 34.4. The van der Waals surface area contributed by atoms with Crippen molar-refractivity contribution in [1.82, 2.24) is 97.2 Å². The fraction of sp³-hybridized carbons (Fsp3) is 0.511. The number of hydrogen-bond donors (Lipinski definition) is 18. The van der Waals surface area contributed by atoms with Crippen LogP contribution in [-0.4, -0.2) is 314 Å². The highest BCUT2D eigenvalue weighted by Gasteiger charge is 2.48. The monoisotopic (exact) mass is 1880 g/mol. The van der Waals surface area contributed by atoms with Crippen molar-refractivity contribution in [2.24, 2.45) is 11.5 Å². The molecule has 0 bridgehead atoms. The molecule has 3 aromatic heterocycles. The van der Waals surface area contributed by atoms with E-state index in [1.807, 2.05) is 0 Å². The quantitative estimate of drug-likeness (QED) is 0.0295. The largest absolute Gasteiger partial charge is 0.481 e. The number of nitrogens with one attached hydrogen (secondary N) is 12. The number of carbonyl (C=O) groups excluding carboxylic acids is 16. The Morgan fingerprint density at radius 3 is 1.71 bits per heavy atom. The number of nitrogens with two attached hydrogens (primary N) is 2. The first kappa shape index (κ1) is 103. The number of nitrogens with zero attached hydrogens (tertiary/aromatic N) is 7. The molecule has 44 nitrogen and oxygen atoms in total. The van der Waals surface area contributed by atoms with E-state index in [-0.39, 0.29) is 76.6 Å². The average molecular weight is 1880 g/mol. The first-order chi connectivity index (χ1) is 64.3. The molecule has 15 atom stereocenters. The summed E-state index contributed by atoms with van der Waals surface area (Å²) in [6, 6.07) is -5.05. The number of piperidine rings is 1. The van der Waals surface area contributed by atoms with Gasteiger partial charge in [-0.3, -0.25) is 91.1 Å². The van der Waals surface area contributed by atoms with E-state index in [9.17, 15) is 77.6 Å². The number of amides is 16. The minimum Gasteiger partial charge on any atom is -0.481 e. The molecule has 4 aliphatic heterocycles. The summed E-state index contributed by atoms with van der Waals surface area (Å²) in [5.41, 5.74) is 13.8. The van der Waals surface area contributed by atoms with Gasteiger partial charge in [0.15, 0.2) is 0 Å². The summed E-state index contributed by atoms with van der Waals surface area (Å²) in [5, 5.41) is 68.6. The Bertz CT molecular complexity index is 5360. The SMILES string of the molecule is CCCC[C@H]1C(=O)N(C)[C@@H](CCCC)C(=O)N[C@@H](CCC(=O)O)C(=O)N[C@H](C(N)=O)CNCC(=O)N[C@@H](Cc2ccc(F)cc2)C(=O)N2CCCC[C@H]2C(=O)N[C@@H](CC(N)=O)C(=O)N2CCC[C@H]2C(=O)N[C@@H](Cc2c[nH]cn2)C(=O)N[C@@H](CC(=O)O)C(=O)N2C[C@H](O)C[C@H]2C(=O)N[C@@H](Cc2c[nH]c3ccccc23)C(=O)N[C@@H](C)C(=O)N[C@@H](Cc2cn(CC(=O)O)c3ccccc23)C(=O)N1C. The number of carbonyl (C=O) groups is 19. The molecular weight excluding hydrogens is 1760 g/mol. The lowest BCUT2D eigenvalue weighted by Gasteiger charge is -2.38. The van der Waals surface area contributed by atoms with Crippen LogP contribution in [0, 0.1) is 5.82 Å². The Labute approximate surface area is 774 Å². The van der Waals surface area contributed by atoms with Crippen molar-refractivity contribution in [3.63, 3.8) is 0 Å². The van der Waals surface area contributed by atoms with Crippen LogP contribution in [0.15, 0.2) is 97.7 Å². The second-order valence-electron chi connectivity index (χ2n) is 34.4. The van der Waals surface area contributed by atoms with Gasteiger partial charge >= 0.3 is 17.9 Å². The van der Waals surface area contributed by atoms with Gasteiger partial charge in [-0.1, -0.05) is 88.1 Å². The van der Waals surface area contributed by atoms with Gasteiger partial charge < -0.3 is 124 Å². The number of carboxylic acids is 3.